The number of nitrogens with two attached hydrogens (primary N) is 1. The smallest absolute Gasteiger partial charge is 0.161 e. The van der Waals surface area contributed by atoms with E-state index in [1.54, 1.807) is 23.1 Å². The number of aryl methyl sites for hydroxylation is 1. The highest BCUT2D eigenvalue weighted by Crippen LogP contribution is 2.49. The topological polar surface area (TPSA) is 70.1 Å². The van der Waals surface area contributed by atoms with Crippen LogP contribution in [0.2, 0.25) is 0 Å². The van der Waals surface area contributed by atoms with Gasteiger partial charge in [-0.1, -0.05) is 15.9 Å². The standard InChI is InChI=1S/C22H20BrN3OS2/c1-12-10-15(22(28-2)29-12)19-16(11-24)21(25)26(14-8-6-13(23)7-9-14)17-4-3-5-18(27)20(17)19/h6-10,19H,3-5,25H2,1-2H3. The summed E-state index contributed by atoms with van der Waals surface area (Å²) >= 11 is 6.82. The highest BCUT2D eigenvalue weighted by atomic mass is 79.9. The van der Waals surface area contributed by atoms with E-state index < -0.39 is 0 Å². The van der Waals surface area contributed by atoms with Crippen LogP contribution < -0.4 is 10.6 Å². The molecule has 0 fully saturated rings. The van der Waals surface area contributed by atoms with Gasteiger partial charge in [0.05, 0.1) is 21.8 Å². The first-order chi connectivity index (χ1) is 14.0. The summed E-state index contributed by atoms with van der Waals surface area (Å²) in [5.41, 5.74) is 10.6. The van der Waals surface area contributed by atoms with E-state index in [9.17, 15) is 10.1 Å². The summed E-state index contributed by atoms with van der Waals surface area (Å²) in [7, 11) is 0. The number of halogens is 1. The molecule has 2 heterocycles. The average Bonchev–Trinajstić information content (AvgIpc) is 3.09. The number of ketones is 1. The van der Waals surface area contributed by atoms with Crippen molar-refractivity contribution < 1.29 is 4.79 Å². The number of anilines is 1. The second-order valence-electron chi connectivity index (χ2n) is 7.10. The third kappa shape index (κ3) is 3.43. The van der Waals surface area contributed by atoms with E-state index in [0.717, 1.165) is 44.0 Å². The number of nitrogens with zero attached hydrogens (tertiary/aromatic N) is 2. The molecule has 1 aliphatic carbocycles. The molecule has 0 bridgehead atoms. The number of carbonyl (C=O) groups excluding carboxylic acids is 1. The van der Waals surface area contributed by atoms with Crippen LogP contribution in [0.3, 0.4) is 0 Å². The number of thioether (sulfide) groups is 1. The van der Waals surface area contributed by atoms with Crippen molar-refractivity contribution in [1.82, 2.24) is 0 Å². The molecule has 1 atom stereocenters. The number of hydrogen-bond donors (Lipinski definition) is 1. The van der Waals surface area contributed by atoms with Crippen LogP contribution in [0.25, 0.3) is 0 Å². The van der Waals surface area contributed by atoms with Gasteiger partial charge in [0.2, 0.25) is 0 Å². The van der Waals surface area contributed by atoms with Gasteiger partial charge in [0, 0.05) is 32.7 Å². The number of rotatable bonds is 3. The van der Waals surface area contributed by atoms with Crippen molar-refractivity contribution in [2.24, 2.45) is 5.73 Å². The normalized spacial score (nSPS) is 19.4. The molecule has 2 N–H and O–H groups in total. The molecule has 2 aromatic rings. The summed E-state index contributed by atoms with van der Waals surface area (Å²) in [5.74, 6) is 0.153. The molecule has 4 rings (SSSR count). The molecule has 1 unspecified atom stereocenters. The Labute approximate surface area is 187 Å². The van der Waals surface area contributed by atoms with Crippen LogP contribution in [0.4, 0.5) is 5.69 Å². The molecule has 29 heavy (non-hydrogen) atoms. The predicted octanol–water partition coefficient (Wildman–Crippen LogP) is 5.85. The maximum Gasteiger partial charge on any atom is 0.161 e. The van der Waals surface area contributed by atoms with Gasteiger partial charge < -0.3 is 5.73 Å². The van der Waals surface area contributed by atoms with Gasteiger partial charge in [-0.2, -0.15) is 5.26 Å². The van der Waals surface area contributed by atoms with E-state index in [1.165, 1.54) is 4.88 Å². The zero-order valence-corrected chi connectivity index (χ0v) is 19.4. The summed E-state index contributed by atoms with van der Waals surface area (Å²) in [4.78, 5) is 16.2. The highest BCUT2D eigenvalue weighted by molar-refractivity contribution is 9.10. The molecule has 0 spiro atoms. The summed E-state index contributed by atoms with van der Waals surface area (Å²) in [6.07, 6.45) is 4.11. The van der Waals surface area contributed by atoms with E-state index in [-0.39, 0.29) is 11.7 Å². The van der Waals surface area contributed by atoms with Gasteiger partial charge in [0.25, 0.3) is 0 Å². The first kappa shape index (κ1) is 20.3. The highest BCUT2D eigenvalue weighted by Gasteiger charge is 2.41. The molecule has 1 aliphatic heterocycles. The second kappa shape index (κ2) is 8.02. The van der Waals surface area contributed by atoms with Gasteiger partial charge in [-0.3, -0.25) is 9.69 Å². The molecule has 0 amide bonds. The van der Waals surface area contributed by atoms with Crippen molar-refractivity contribution in [2.45, 2.75) is 36.3 Å². The monoisotopic (exact) mass is 485 g/mol. The number of nitriles is 1. The van der Waals surface area contributed by atoms with Gasteiger partial charge in [-0.15, -0.1) is 23.1 Å². The molecule has 7 heteroatoms. The van der Waals surface area contributed by atoms with Crippen LogP contribution in [0.15, 0.2) is 61.7 Å². The lowest BCUT2D eigenvalue weighted by Crippen LogP contribution is -2.38. The van der Waals surface area contributed by atoms with E-state index in [0.29, 0.717) is 17.8 Å². The molecule has 0 radical (unpaired) electrons. The van der Waals surface area contributed by atoms with Crippen LogP contribution in [-0.4, -0.2) is 12.0 Å². The first-order valence-corrected chi connectivity index (χ1v) is 12.2. The Bertz CT molecular complexity index is 1090. The zero-order chi connectivity index (χ0) is 20.7. The Morgan fingerprint density at radius 3 is 2.69 bits per heavy atom. The Kier molecular flexibility index (Phi) is 5.60. The van der Waals surface area contributed by atoms with Crippen molar-refractivity contribution in [3.63, 3.8) is 0 Å². The van der Waals surface area contributed by atoms with E-state index >= 15 is 0 Å². The number of thiophene rings is 1. The van der Waals surface area contributed by atoms with Gasteiger partial charge in [-0.25, -0.2) is 0 Å². The largest absolute Gasteiger partial charge is 0.384 e. The van der Waals surface area contributed by atoms with Gasteiger partial charge in [-0.05, 0) is 61.9 Å². The fraction of sp³-hybridized carbons (Fsp3) is 0.273. The number of carbonyl (C=O) groups is 1. The van der Waals surface area contributed by atoms with E-state index in [4.69, 9.17) is 5.73 Å². The fourth-order valence-electron chi connectivity index (χ4n) is 4.16. The summed E-state index contributed by atoms with van der Waals surface area (Å²) in [6.45, 7) is 2.06. The van der Waals surface area contributed by atoms with Crippen LogP contribution in [0.5, 0.6) is 0 Å². The average molecular weight is 486 g/mol. The fourth-order valence-corrected chi connectivity index (χ4v) is 6.33. The molecule has 4 nitrogen and oxygen atoms in total. The Balaban J connectivity index is 1.98. The molecule has 1 aromatic carbocycles. The van der Waals surface area contributed by atoms with Crippen molar-refractivity contribution in [3.05, 3.63) is 67.9 Å². The van der Waals surface area contributed by atoms with Crippen LogP contribution in [-0.2, 0) is 4.79 Å². The Hall–Kier alpha value is -2.01. The lowest BCUT2D eigenvalue weighted by molar-refractivity contribution is -0.116. The van der Waals surface area contributed by atoms with E-state index in [2.05, 4.69) is 35.0 Å². The molecular formula is C22H20BrN3OS2. The lowest BCUT2D eigenvalue weighted by Gasteiger charge is -2.39. The minimum atomic E-state index is -0.387. The summed E-state index contributed by atoms with van der Waals surface area (Å²) < 4.78 is 2.10. The van der Waals surface area contributed by atoms with Crippen LogP contribution >= 0.6 is 39.0 Å². The number of hydrogen-bond acceptors (Lipinski definition) is 6. The SMILES string of the molecule is CSc1sc(C)cc1C1C(C#N)=C(N)N(c2ccc(Br)cc2)C2=C1C(=O)CCC2. The Morgan fingerprint density at radius 2 is 2.03 bits per heavy atom. The minimum absolute atomic E-state index is 0.120. The maximum atomic E-state index is 13.1. The van der Waals surface area contributed by atoms with Crippen molar-refractivity contribution in [2.75, 3.05) is 11.2 Å². The summed E-state index contributed by atoms with van der Waals surface area (Å²) in [5, 5.41) is 10.1. The quantitative estimate of drug-likeness (QED) is 0.552. The van der Waals surface area contributed by atoms with Gasteiger partial charge in [0.15, 0.2) is 5.78 Å². The Morgan fingerprint density at radius 1 is 1.31 bits per heavy atom. The van der Waals surface area contributed by atoms with Gasteiger partial charge in [0.1, 0.15) is 5.82 Å². The number of allylic oxidation sites excluding steroid dienone is 3. The van der Waals surface area contributed by atoms with E-state index in [1.807, 2.05) is 35.4 Å². The predicted molar refractivity (Wildman–Crippen MR) is 123 cm³/mol. The third-order valence-electron chi connectivity index (χ3n) is 5.34. The van der Waals surface area contributed by atoms with Crippen LogP contribution in [0.1, 0.15) is 35.6 Å². The lowest BCUT2D eigenvalue weighted by atomic mass is 9.76. The maximum absolute atomic E-state index is 13.1. The molecule has 0 saturated heterocycles. The first-order valence-electron chi connectivity index (χ1n) is 9.32. The zero-order valence-electron chi connectivity index (χ0n) is 16.2. The second-order valence-corrected chi connectivity index (χ2v) is 10.3. The summed E-state index contributed by atoms with van der Waals surface area (Å²) in [6, 6.07) is 12.2. The number of Topliss-reactive ketones (excluding diaryl/α,β-unsaturated/α-hetero) is 1. The van der Waals surface area contributed by atoms with Gasteiger partial charge >= 0.3 is 0 Å². The molecule has 0 saturated carbocycles. The molecule has 1 aromatic heterocycles. The van der Waals surface area contributed by atoms with Crippen molar-refractivity contribution in [3.8, 4) is 6.07 Å². The minimum Gasteiger partial charge on any atom is -0.384 e. The molecule has 148 valence electrons. The van der Waals surface area contributed by atoms with Crippen molar-refractivity contribution >= 4 is 50.5 Å². The van der Waals surface area contributed by atoms with Crippen molar-refractivity contribution in [1.29, 1.82) is 5.26 Å². The molecular weight excluding hydrogens is 466 g/mol. The number of benzene rings is 1. The van der Waals surface area contributed by atoms with Crippen LogP contribution in [0, 0.1) is 18.3 Å². The third-order valence-corrected chi connectivity index (χ3v) is 8.09. The molecule has 2 aliphatic rings.